The van der Waals surface area contributed by atoms with Crippen molar-refractivity contribution in [2.45, 2.75) is 55.4 Å². The van der Waals surface area contributed by atoms with Crippen molar-refractivity contribution >= 4 is 43.6 Å². The van der Waals surface area contributed by atoms with Crippen LogP contribution in [0.25, 0.3) is 111 Å². The number of rotatable bonds is 7. The summed E-state index contributed by atoms with van der Waals surface area (Å²) in [7, 11) is 0. The lowest BCUT2D eigenvalue weighted by Gasteiger charge is -2.19. The zero-order valence-electron chi connectivity index (χ0n) is 42.1. The molecule has 72 heavy (non-hydrogen) atoms. The van der Waals surface area contributed by atoms with Crippen molar-refractivity contribution in [1.82, 2.24) is 14.1 Å². The van der Waals surface area contributed by atoms with Gasteiger partial charge in [0.2, 0.25) is 0 Å². The van der Waals surface area contributed by atoms with Crippen LogP contribution in [0.1, 0.15) is 50.1 Å². The van der Waals surface area contributed by atoms with Crippen LogP contribution in [0.4, 0.5) is 0 Å². The Bertz CT molecular complexity index is 4050. The molecule has 0 saturated heterocycles. The molecule has 0 fully saturated rings. The number of nitrogens with zero attached hydrogens (tertiary/aromatic N) is 4. The first-order valence-electron chi connectivity index (χ1n) is 24.9. The molecule has 3 heterocycles. The number of pyridine rings is 1. The molecule has 0 N–H and O–H groups in total. The minimum Gasteiger partial charge on any atom is -0.309 e. The van der Waals surface area contributed by atoms with Crippen molar-refractivity contribution in [3.8, 4) is 73.1 Å². The second-order valence-electron chi connectivity index (χ2n) is 20.1. The lowest BCUT2D eigenvalue weighted by Crippen LogP contribution is -2.02. The maximum absolute atomic E-state index is 10.6. The lowest BCUT2D eigenvalue weighted by molar-refractivity contribution is 1.14. The Morgan fingerprint density at radius 1 is 0.333 bits per heavy atom. The second-order valence-corrected chi connectivity index (χ2v) is 20.1. The summed E-state index contributed by atoms with van der Waals surface area (Å²) in [6.07, 6.45) is 3.90. The van der Waals surface area contributed by atoms with E-state index in [9.17, 15) is 5.26 Å². The third-order valence-electron chi connectivity index (χ3n) is 15.0. The third kappa shape index (κ3) is 7.40. The predicted molar refractivity (Wildman–Crippen MR) is 303 cm³/mol. The largest absolute Gasteiger partial charge is 0.309 e. The van der Waals surface area contributed by atoms with E-state index in [2.05, 4.69) is 234 Å². The van der Waals surface area contributed by atoms with Gasteiger partial charge in [0, 0.05) is 45.1 Å². The number of nitriles is 1. The van der Waals surface area contributed by atoms with Gasteiger partial charge in [-0.3, -0.25) is 4.98 Å². The van der Waals surface area contributed by atoms with Gasteiger partial charge in [-0.2, -0.15) is 5.26 Å². The lowest BCUT2D eigenvalue weighted by atomic mass is 9.95. The van der Waals surface area contributed by atoms with Gasteiger partial charge in [-0.25, -0.2) is 0 Å². The van der Waals surface area contributed by atoms with Gasteiger partial charge in [0.25, 0.3) is 0 Å². The molecule has 0 aliphatic carbocycles. The molecule has 4 nitrogen and oxygen atoms in total. The Morgan fingerprint density at radius 2 is 0.681 bits per heavy atom. The van der Waals surface area contributed by atoms with E-state index < -0.39 is 0 Å². The molecule has 0 atom stereocenters. The fourth-order valence-corrected chi connectivity index (χ4v) is 11.6. The van der Waals surface area contributed by atoms with Gasteiger partial charge in [0.05, 0.1) is 45.1 Å². The molecule has 346 valence electrons. The molecule has 0 unspecified atom stereocenters. The minimum atomic E-state index is 0.586. The average molecular weight is 927 g/mol. The first-order valence-corrected chi connectivity index (χ1v) is 24.9. The predicted octanol–water partition coefficient (Wildman–Crippen LogP) is 17.9. The molecule has 0 aliphatic heterocycles. The molecule has 0 radical (unpaired) electrons. The highest BCUT2D eigenvalue weighted by atomic mass is 15.0. The maximum atomic E-state index is 10.6. The van der Waals surface area contributed by atoms with Gasteiger partial charge in [-0.15, -0.1) is 0 Å². The van der Waals surface area contributed by atoms with E-state index in [0.29, 0.717) is 5.56 Å². The van der Waals surface area contributed by atoms with E-state index in [4.69, 9.17) is 4.98 Å². The summed E-state index contributed by atoms with van der Waals surface area (Å²) >= 11 is 0. The van der Waals surface area contributed by atoms with E-state index in [0.717, 1.165) is 55.3 Å². The van der Waals surface area contributed by atoms with Gasteiger partial charge >= 0.3 is 0 Å². The summed E-state index contributed by atoms with van der Waals surface area (Å²) in [6, 6.07) is 65.2. The van der Waals surface area contributed by atoms with Crippen LogP contribution in [0, 0.1) is 66.7 Å². The minimum absolute atomic E-state index is 0.586. The first kappa shape index (κ1) is 44.4. The van der Waals surface area contributed by atoms with Crippen molar-refractivity contribution in [1.29, 1.82) is 5.26 Å². The van der Waals surface area contributed by atoms with E-state index in [1.165, 1.54) is 99.8 Å². The number of aryl methyl sites for hydroxylation is 8. The maximum Gasteiger partial charge on any atom is 0.0992 e. The molecule has 0 aliphatic rings. The molecule has 3 aromatic heterocycles. The van der Waals surface area contributed by atoms with Gasteiger partial charge < -0.3 is 9.13 Å². The molecule has 0 spiro atoms. The monoisotopic (exact) mass is 926 g/mol. The molecule has 12 rings (SSSR count). The van der Waals surface area contributed by atoms with Gasteiger partial charge in [-0.05, 0) is 189 Å². The summed E-state index contributed by atoms with van der Waals surface area (Å²) in [5, 5.41) is 15.3. The van der Waals surface area contributed by atoms with E-state index in [1.807, 2.05) is 18.5 Å². The summed E-state index contributed by atoms with van der Waals surface area (Å²) in [5.74, 6) is 0. The number of aromatic nitrogens is 3. The summed E-state index contributed by atoms with van der Waals surface area (Å²) in [4.78, 5) is 4.85. The van der Waals surface area contributed by atoms with E-state index >= 15 is 0 Å². The van der Waals surface area contributed by atoms with Crippen LogP contribution in [0.15, 0.2) is 182 Å². The van der Waals surface area contributed by atoms with Crippen molar-refractivity contribution < 1.29 is 0 Å². The van der Waals surface area contributed by atoms with Gasteiger partial charge in [-0.1, -0.05) is 125 Å². The zero-order chi connectivity index (χ0) is 49.5. The highest BCUT2D eigenvalue weighted by Gasteiger charge is 2.23. The Kier molecular flexibility index (Phi) is 10.7. The topological polar surface area (TPSA) is 46.5 Å². The molecular formula is C68H54N4. The van der Waals surface area contributed by atoms with Crippen molar-refractivity contribution in [2.75, 3.05) is 0 Å². The Hall–Kier alpha value is -8.78. The normalized spacial score (nSPS) is 11.6. The number of benzene rings is 9. The average Bonchev–Trinajstić information content (AvgIpc) is 3.87. The number of hydrogen-bond donors (Lipinski definition) is 0. The highest BCUT2D eigenvalue weighted by molar-refractivity contribution is 6.14. The fourth-order valence-electron chi connectivity index (χ4n) is 11.6. The molecule has 12 aromatic rings. The molecule has 0 amide bonds. The van der Waals surface area contributed by atoms with Crippen LogP contribution >= 0.6 is 0 Å². The SMILES string of the molecule is Cc1ccc(-c2ccc3c(c2)c2cc(-c4ccc(C)cc4C)ccc2n3-c2ccncc2-c2ccc(C#N)cc2-n2c3ccc(-c4ccc(C)cc4C)cc3c3cc(-c4ccc(C)cc4C)ccc32)c(C)c1. The van der Waals surface area contributed by atoms with Gasteiger partial charge in [0.15, 0.2) is 0 Å². The first-order chi connectivity index (χ1) is 34.9. The summed E-state index contributed by atoms with van der Waals surface area (Å²) in [6.45, 7) is 17.4. The zero-order valence-corrected chi connectivity index (χ0v) is 42.1. The molecule has 0 saturated carbocycles. The van der Waals surface area contributed by atoms with Crippen molar-refractivity contribution in [3.05, 3.63) is 232 Å². The molecular weight excluding hydrogens is 873 g/mol. The number of fused-ring (bicyclic) bond motifs is 6. The summed E-state index contributed by atoms with van der Waals surface area (Å²) < 4.78 is 4.78. The van der Waals surface area contributed by atoms with Crippen LogP contribution in [0.5, 0.6) is 0 Å². The number of hydrogen-bond acceptors (Lipinski definition) is 2. The van der Waals surface area contributed by atoms with Crippen molar-refractivity contribution in [3.63, 3.8) is 0 Å². The Morgan fingerprint density at radius 3 is 1.03 bits per heavy atom. The van der Waals surface area contributed by atoms with Crippen LogP contribution in [0.3, 0.4) is 0 Å². The summed E-state index contributed by atoms with van der Waals surface area (Å²) in [5.41, 5.74) is 28.4. The van der Waals surface area contributed by atoms with Crippen LogP contribution < -0.4 is 0 Å². The van der Waals surface area contributed by atoms with E-state index in [-0.39, 0.29) is 0 Å². The fraction of sp³-hybridized carbons (Fsp3) is 0.118. The van der Waals surface area contributed by atoms with Crippen LogP contribution in [0.2, 0.25) is 0 Å². The van der Waals surface area contributed by atoms with E-state index in [1.54, 1.807) is 0 Å². The molecule has 0 bridgehead atoms. The van der Waals surface area contributed by atoms with Crippen LogP contribution in [-0.2, 0) is 0 Å². The third-order valence-corrected chi connectivity index (χ3v) is 15.0. The standard InChI is InChI=1S/C68H54N4/c1-40-9-18-53(44(5)29-40)49-14-23-63-58(34-49)59-35-50(54-19-10-41(2)30-45(54)6)15-24-64(59)71(63)67-27-28-70-39-62(67)57-22-13-48(38-69)33-68(57)72-65-25-16-51(55-20-11-42(3)31-46(55)7)36-60(65)61-37-52(17-26-66(61)72)56-21-12-43(4)32-47(56)8/h9-37,39H,1-8H3. The Balaban J connectivity index is 1.12. The van der Waals surface area contributed by atoms with Crippen molar-refractivity contribution in [2.24, 2.45) is 0 Å². The molecule has 4 heteroatoms. The smallest absolute Gasteiger partial charge is 0.0992 e. The second kappa shape index (κ2) is 17.3. The van der Waals surface area contributed by atoms with Gasteiger partial charge in [0.1, 0.15) is 0 Å². The Labute approximate surface area is 421 Å². The highest BCUT2D eigenvalue weighted by Crippen LogP contribution is 2.44. The van der Waals surface area contributed by atoms with Crippen LogP contribution in [-0.4, -0.2) is 14.1 Å². The molecule has 9 aromatic carbocycles. The quantitative estimate of drug-likeness (QED) is 0.160.